The first-order valence-corrected chi connectivity index (χ1v) is 5.15. The molecule has 76 valence electrons. The highest BCUT2D eigenvalue weighted by molar-refractivity contribution is 5.14. The van der Waals surface area contributed by atoms with Crippen molar-refractivity contribution in [3.63, 3.8) is 0 Å². The Bertz CT molecular complexity index is 273. The summed E-state index contributed by atoms with van der Waals surface area (Å²) >= 11 is 0. The van der Waals surface area contributed by atoms with E-state index in [-0.39, 0.29) is 6.17 Å². The minimum atomic E-state index is 0.121. The van der Waals surface area contributed by atoms with Gasteiger partial charge >= 0.3 is 0 Å². The Kier molecular flexibility index (Phi) is 3.14. The van der Waals surface area contributed by atoms with E-state index >= 15 is 0 Å². The van der Waals surface area contributed by atoms with Crippen molar-refractivity contribution in [2.45, 2.75) is 31.5 Å². The van der Waals surface area contributed by atoms with Gasteiger partial charge in [-0.05, 0) is 24.8 Å². The van der Waals surface area contributed by atoms with Crippen molar-refractivity contribution in [1.29, 1.82) is 0 Å². The van der Waals surface area contributed by atoms with Crippen molar-refractivity contribution in [2.75, 3.05) is 0 Å². The molecule has 2 atom stereocenters. The molecule has 0 radical (unpaired) electrons. The number of nitrogens with one attached hydrogen (secondary N) is 2. The van der Waals surface area contributed by atoms with Crippen LogP contribution in [-0.4, -0.2) is 12.2 Å². The van der Waals surface area contributed by atoms with Crippen molar-refractivity contribution in [3.05, 3.63) is 35.9 Å². The average molecular weight is 191 g/mol. The molecule has 14 heavy (non-hydrogen) atoms. The van der Waals surface area contributed by atoms with Crippen molar-refractivity contribution in [3.8, 4) is 0 Å². The summed E-state index contributed by atoms with van der Waals surface area (Å²) in [6.07, 6.45) is 3.40. The monoisotopic (exact) mass is 191 g/mol. The summed E-state index contributed by atoms with van der Waals surface area (Å²) in [6.45, 7) is 0. The van der Waals surface area contributed by atoms with Crippen LogP contribution >= 0.6 is 0 Å². The summed E-state index contributed by atoms with van der Waals surface area (Å²) in [7, 11) is 0. The molecule has 1 aliphatic heterocycles. The zero-order valence-electron chi connectivity index (χ0n) is 8.24. The second-order valence-corrected chi connectivity index (χ2v) is 3.85. The predicted molar refractivity (Wildman–Crippen MR) is 57.4 cm³/mol. The molecular formula is C11H17N3. The minimum Gasteiger partial charge on any atom is -0.315 e. The zero-order chi connectivity index (χ0) is 9.80. The van der Waals surface area contributed by atoms with Gasteiger partial charge in [-0.2, -0.15) is 0 Å². The van der Waals surface area contributed by atoms with Crippen LogP contribution in [0.25, 0.3) is 0 Å². The highest BCUT2D eigenvalue weighted by atomic mass is 15.4. The number of aryl methyl sites for hydroxylation is 1. The molecule has 3 nitrogen and oxygen atoms in total. The van der Waals surface area contributed by atoms with Gasteiger partial charge in [0, 0.05) is 6.04 Å². The second-order valence-electron chi connectivity index (χ2n) is 3.85. The van der Waals surface area contributed by atoms with Crippen LogP contribution in [-0.2, 0) is 6.42 Å². The van der Waals surface area contributed by atoms with Gasteiger partial charge in [0.2, 0.25) is 0 Å². The summed E-state index contributed by atoms with van der Waals surface area (Å²) in [5.41, 5.74) is 13.4. The smallest absolute Gasteiger partial charge is 0.0694 e. The van der Waals surface area contributed by atoms with E-state index < -0.39 is 0 Å². The van der Waals surface area contributed by atoms with Crippen LogP contribution in [0.3, 0.4) is 0 Å². The molecule has 2 rings (SSSR count). The molecule has 1 saturated heterocycles. The maximum atomic E-state index is 5.72. The van der Waals surface area contributed by atoms with E-state index in [0.717, 1.165) is 19.3 Å². The molecule has 1 aromatic rings. The molecule has 0 amide bonds. The molecule has 4 N–H and O–H groups in total. The fraction of sp³-hybridized carbons (Fsp3) is 0.455. The van der Waals surface area contributed by atoms with Crippen molar-refractivity contribution >= 4 is 0 Å². The first-order valence-electron chi connectivity index (χ1n) is 5.15. The van der Waals surface area contributed by atoms with Crippen LogP contribution in [0.15, 0.2) is 30.3 Å². The first kappa shape index (κ1) is 9.65. The van der Waals surface area contributed by atoms with Crippen LogP contribution in [0.4, 0.5) is 0 Å². The lowest BCUT2D eigenvalue weighted by Gasteiger charge is -2.08. The predicted octanol–water partition coefficient (Wildman–Crippen LogP) is 0.770. The Labute approximate surface area is 84.7 Å². The van der Waals surface area contributed by atoms with Crippen LogP contribution in [0.1, 0.15) is 18.4 Å². The molecule has 3 heteroatoms. The van der Waals surface area contributed by atoms with Crippen LogP contribution in [0.2, 0.25) is 0 Å². The van der Waals surface area contributed by atoms with E-state index in [1.807, 2.05) is 0 Å². The van der Waals surface area contributed by atoms with Crippen molar-refractivity contribution in [2.24, 2.45) is 5.73 Å². The van der Waals surface area contributed by atoms with Gasteiger partial charge in [-0.25, -0.2) is 5.43 Å². The number of benzene rings is 1. The number of hydrazine groups is 1. The highest BCUT2D eigenvalue weighted by Gasteiger charge is 2.19. The number of nitrogens with two attached hydrogens (primary N) is 1. The number of rotatable bonds is 3. The van der Waals surface area contributed by atoms with Gasteiger partial charge in [-0.1, -0.05) is 30.3 Å². The van der Waals surface area contributed by atoms with Gasteiger partial charge in [0.05, 0.1) is 6.17 Å². The third-order valence-corrected chi connectivity index (χ3v) is 2.64. The third-order valence-electron chi connectivity index (χ3n) is 2.64. The molecule has 1 fully saturated rings. The summed E-state index contributed by atoms with van der Waals surface area (Å²) in [5.74, 6) is 0. The quantitative estimate of drug-likeness (QED) is 0.661. The van der Waals surface area contributed by atoms with Gasteiger partial charge < -0.3 is 5.73 Å². The van der Waals surface area contributed by atoms with Gasteiger partial charge in [-0.15, -0.1) is 0 Å². The second kappa shape index (κ2) is 4.55. The van der Waals surface area contributed by atoms with Crippen molar-refractivity contribution < 1.29 is 0 Å². The lowest BCUT2D eigenvalue weighted by molar-refractivity contribution is 0.516. The summed E-state index contributed by atoms with van der Waals surface area (Å²) in [4.78, 5) is 0. The van der Waals surface area contributed by atoms with Crippen LogP contribution < -0.4 is 16.6 Å². The van der Waals surface area contributed by atoms with Gasteiger partial charge in [0.25, 0.3) is 0 Å². The third kappa shape index (κ3) is 2.54. The molecule has 0 bridgehead atoms. The summed E-state index contributed by atoms with van der Waals surface area (Å²) < 4.78 is 0. The summed E-state index contributed by atoms with van der Waals surface area (Å²) in [6, 6.07) is 11.1. The van der Waals surface area contributed by atoms with Gasteiger partial charge in [0.15, 0.2) is 0 Å². The Balaban J connectivity index is 1.78. The Morgan fingerprint density at radius 1 is 1.21 bits per heavy atom. The Morgan fingerprint density at radius 3 is 2.64 bits per heavy atom. The molecular weight excluding hydrogens is 174 g/mol. The molecule has 0 saturated carbocycles. The Morgan fingerprint density at radius 2 is 2.00 bits per heavy atom. The lowest BCUT2D eigenvalue weighted by atomic mass is 10.0. The molecule has 1 aliphatic rings. The molecule has 1 heterocycles. The standard InChI is InChI=1S/C11H17N3/c12-11-8-10(13-14-11)7-6-9-4-2-1-3-5-9/h1-5,10-11,13-14H,6-8,12H2. The summed E-state index contributed by atoms with van der Waals surface area (Å²) in [5, 5.41) is 0. The van der Waals surface area contributed by atoms with Gasteiger partial charge in [0.1, 0.15) is 0 Å². The maximum Gasteiger partial charge on any atom is 0.0694 e. The van der Waals surface area contributed by atoms with Crippen LogP contribution in [0, 0.1) is 0 Å². The minimum absolute atomic E-state index is 0.121. The fourth-order valence-electron chi connectivity index (χ4n) is 1.82. The topological polar surface area (TPSA) is 50.1 Å². The largest absolute Gasteiger partial charge is 0.315 e. The maximum absolute atomic E-state index is 5.72. The molecule has 0 aliphatic carbocycles. The molecule has 0 aromatic heterocycles. The first-order chi connectivity index (χ1) is 6.84. The number of hydrogen-bond acceptors (Lipinski definition) is 3. The molecule has 1 aromatic carbocycles. The van der Waals surface area contributed by atoms with E-state index in [4.69, 9.17) is 5.73 Å². The van der Waals surface area contributed by atoms with E-state index in [9.17, 15) is 0 Å². The van der Waals surface area contributed by atoms with E-state index in [0.29, 0.717) is 6.04 Å². The lowest BCUT2D eigenvalue weighted by Crippen LogP contribution is -2.37. The SMILES string of the molecule is NC1CC(CCc2ccccc2)NN1. The van der Waals surface area contributed by atoms with E-state index in [1.165, 1.54) is 5.56 Å². The highest BCUT2D eigenvalue weighted by Crippen LogP contribution is 2.09. The van der Waals surface area contributed by atoms with Gasteiger partial charge in [-0.3, -0.25) is 5.43 Å². The Hall–Kier alpha value is -0.900. The molecule has 2 unspecified atom stereocenters. The zero-order valence-corrected chi connectivity index (χ0v) is 8.24. The average Bonchev–Trinajstić information content (AvgIpc) is 2.63. The van der Waals surface area contributed by atoms with Crippen molar-refractivity contribution in [1.82, 2.24) is 10.9 Å². The van der Waals surface area contributed by atoms with Crippen LogP contribution in [0.5, 0.6) is 0 Å². The van der Waals surface area contributed by atoms with E-state index in [2.05, 4.69) is 41.2 Å². The van der Waals surface area contributed by atoms with E-state index in [1.54, 1.807) is 0 Å². The molecule has 0 spiro atoms. The number of hydrogen-bond donors (Lipinski definition) is 3. The fourth-order valence-corrected chi connectivity index (χ4v) is 1.82. The normalized spacial score (nSPS) is 26.6.